The van der Waals surface area contributed by atoms with Crippen LogP contribution in [-0.4, -0.2) is 58.2 Å². The molecule has 0 saturated heterocycles. The summed E-state index contributed by atoms with van der Waals surface area (Å²) in [5.41, 5.74) is 0.590. The van der Waals surface area contributed by atoms with Crippen molar-refractivity contribution in [3.8, 4) is 0 Å². The monoisotopic (exact) mass is 682 g/mol. The molecule has 0 aromatic rings. The fraction of sp³-hybridized carbons (Fsp3) is 1.00. The van der Waals surface area contributed by atoms with Crippen LogP contribution in [-0.2, 0) is 17.7 Å². The van der Waals surface area contributed by atoms with Gasteiger partial charge < -0.3 is 17.7 Å². The molecule has 0 spiro atoms. The van der Waals surface area contributed by atoms with Crippen molar-refractivity contribution in [1.29, 1.82) is 0 Å². The van der Waals surface area contributed by atoms with E-state index in [1.165, 1.54) is 57.8 Å². The molecular weight excluding hydrogens is 609 g/mol. The van der Waals surface area contributed by atoms with E-state index in [0.717, 1.165) is 12.5 Å². The summed E-state index contributed by atoms with van der Waals surface area (Å²) in [5.74, 6) is 4.17. The van der Waals surface area contributed by atoms with Gasteiger partial charge >= 0.3 is 0 Å². The maximum absolute atomic E-state index is 7.41. The van der Waals surface area contributed by atoms with Crippen molar-refractivity contribution in [3.05, 3.63) is 0 Å². The number of hydrogen-bond acceptors (Lipinski definition) is 4. The van der Waals surface area contributed by atoms with Gasteiger partial charge in [-0.05, 0) is 183 Å². The Morgan fingerprint density at radius 3 is 1.86 bits per heavy atom. The van der Waals surface area contributed by atoms with Crippen molar-refractivity contribution in [2.75, 3.05) is 6.61 Å². The Hall–Kier alpha value is 0.708. The number of fused-ring (bicyclic) bond motifs is 5. The highest BCUT2D eigenvalue weighted by molar-refractivity contribution is 6.70. The third-order valence-electron chi connectivity index (χ3n) is 12.3. The van der Waals surface area contributed by atoms with Crippen LogP contribution < -0.4 is 0 Å². The minimum atomic E-state index is -1.74. The first-order valence-corrected chi connectivity index (χ1v) is 32.2. The van der Waals surface area contributed by atoms with E-state index in [1.807, 2.05) is 0 Å². The molecule has 0 unspecified atom stereocenters. The van der Waals surface area contributed by atoms with Crippen molar-refractivity contribution in [1.82, 2.24) is 0 Å². The molecule has 0 N–H and O–H groups in total. The molecule has 4 aliphatic rings. The van der Waals surface area contributed by atoms with Crippen LogP contribution in [0.1, 0.15) is 78.6 Å². The summed E-state index contributed by atoms with van der Waals surface area (Å²) in [6, 6.07) is 0. The molecule has 44 heavy (non-hydrogen) atoms. The van der Waals surface area contributed by atoms with Gasteiger partial charge in [0.1, 0.15) is 0 Å². The molecule has 11 atom stereocenters. The van der Waals surface area contributed by atoms with Gasteiger partial charge in [0.15, 0.2) is 33.3 Å². The molecule has 4 saturated carbocycles. The zero-order valence-corrected chi connectivity index (χ0v) is 35.9. The molecule has 4 nitrogen and oxygen atoms in total. The second kappa shape index (κ2) is 13.2. The standard InChI is InChI=1S/C36H74O4Si4/c1-26(17-16-22-37-41(4,5)6)29-18-19-30-34-31(25-33(36(29,30)3)40-44(13,14)15)35(2)21-20-28(38-42(7,8)9)23-27(35)24-32(34)39-43(10,11)12/h26-34H,16-25H2,1-15H3/t26-,27+,28+,29-,30+,31+,32-,33+,34+,35+,36-/m1/s1. The van der Waals surface area contributed by atoms with E-state index in [4.69, 9.17) is 17.7 Å². The van der Waals surface area contributed by atoms with Crippen LogP contribution in [0.5, 0.6) is 0 Å². The third kappa shape index (κ3) is 8.64. The maximum Gasteiger partial charge on any atom is 0.184 e. The first-order valence-electron chi connectivity index (χ1n) is 18.6. The van der Waals surface area contributed by atoms with E-state index in [0.29, 0.717) is 53.3 Å². The highest BCUT2D eigenvalue weighted by Gasteiger charge is 2.67. The van der Waals surface area contributed by atoms with E-state index in [9.17, 15) is 0 Å². The van der Waals surface area contributed by atoms with Crippen LogP contribution in [0, 0.1) is 46.3 Å². The summed E-state index contributed by atoms with van der Waals surface area (Å²) >= 11 is 0. The van der Waals surface area contributed by atoms with Crippen molar-refractivity contribution < 1.29 is 17.7 Å². The predicted octanol–water partition coefficient (Wildman–Crippen LogP) is 10.8. The first-order chi connectivity index (χ1) is 19.9. The summed E-state index contributed by atoms with van der Waals surface area (Å²) in [5, 5.41) is 0. The van der Waals surface area contributed by atoms with Crippen molar-refractivity contribution in [2.45, 2.75) is 175 Å². The average molecular weight is 683 g/mol. The zero-order valence-electron chi connectivity index (χ0n) is 31.9. The summed E-state index contributed by atoms with van der Waals surface area (Å²) in [6.07, 6.45) is 12.7. The summed E-state index contributed by atoms with van der Waals surface area (Å²) in [6.45, 7) is 37.5. The zero-order chi connectivity index (χ0) is 33.1. The highest BCUT2D eigenvalue weighted by atomic mass is 28.4. The van der Waals surface area contributed by atoms with Crippen LogP contribution in [0.2, 0.25) is 78.6 Å². The van der Waals surface area contributed by atoms with E-state index >= 15 is 0 Å². The molecule has 0 aliphatic heterocycles. The summed E-state index contributed by atoms with van der Waals surface area (Å²) < 4.78 is 27.8. The van der Waals surface area contributed by atoms with Gasteiger partial charge in [0.2, 0.25) is 0 Å². The largest absolute Gasteiger partial charge is 0.418 e. The molecule has 4 rings (SSSR count). The lowest BCUT2D eigenvalue weighted by Crippen LogP contribution is -2.64. The Morgan fingerprint density at radius 2 is 1.30 bits per heavy atom. The predicted molar refractivity (Wildman–Crippen MR) is 198 cm³/mol. The Bertz CT molecular complexity index is 965. The van der Waals surface area contributed by atoms with E-state index in [1.54, 1.807) is 0 Å². The minimum Gasteiger partial charge on any atom is -0.418 e. The molecule has 4 aliphatic carbocycles. The lowest BCUT2D eigenvalue weighted by Gasteiger charge is -2.66. The van der Waals surface area contributed by atoms with Gasteiger partial charge in [-0.3, -0.25) is 0 Å². The molecule has 0 aromatic heterocycles. The highest BCUT2D eigenvalue weighted by Crippen LogP contribution is 2.69. The Kier molecular flexibility index (Phi) is 11.3. The van der Waals surface area contributed by atoms with E-state index < -0.39 is 33.3 Å². The van der Waals surface area contributed by atoms with Gasteiger partial charge in [0.05, 0.1) is 6.10 Å². The van der Waals surface area contributed by atoms with E-state index in [2.05, 4.69) is 99.3 Å². The Balaban J connectivity index is 1.67. The third-order valence-corrected chi connectivity index (χ3v) is 16.4. The maximum atomic E-state index is 7.41. The molecule has 258 valence electrons. The first kappa shape index (κ1) is 37.5. The SMILES string of the molecule is C[C@H](CCCO[Si](C)(C)C)[C@H]1CC[C@H]2[C@@H]3[C@H](O[Si](C)(C)C)C[C@@H]4C[C@@H](O[Si](C)(C)C)CC[C@]4(C)[C@H]3C[C@H](O[Si](C)(C)C)[C@]12C. The van der Waals surface area contributed by atoms with Crippen LogP contribution in [0.25, 0.3) is 0 Å². The molecule has 0 bridgehead atoms. The average Bonchev–Trinajstić information content (AvgIpc) is 3.18. The van der Waals surface area contributed by atoms with Crippen LogP contribution in [0.4, 0.5) is 0 Å². The second-order valence-corrected chi connectivity index (χ2v) is 38.1. The fourth-order valence-electron chi connectivity index (χ4n) is 10.8. The quantitative estimate of drug-likeness (QED) is 0.152. The second-order valence-electron chi connectivity index (χ2n) is 20.2. The van der Waals surface area contributed by atoms with E-state index in [-0.39, 0.29) is 5.41 Å². The molecule has 8 heteroatoms. The lowest BCUT2D eigenvalue weighted by molar-refractivity contribution is -0.199. The molecule has 0 radical (unpaired) electrons. The molecule has 0 heterocycles. The van der Waals surface area contributed by atoms with Crippen LogP contribution in [0.15, 0.2) is 0 Å². The number of hydrogen-bond donors (Lipinski definition) is 0. The van der Waals surface area contributed by atoms with Crippen LogP contribution in [0.3, 0.4) is 0 Å². The molecule has 0 amide bonds. The smallest absolute Gasteiger partial charge is 0.184 e. The topological polar surface area (TPSA) is 36.9 Å². The molecule has 0 aromatic carbocycles. The lowest BCUT2D eigenvalue weighted by atomic mass is 9.43. The van der Waals surface area contributed by atoms with Gasteiger partial charge in [-0.1, -0.05) is 20.8 Å². The van der Waals surface area contributed by atoms with Gasteiger partial charge in [-0.15, -0.1) is 0 Å². The van der Waals surface area contributed by atoms with Gasteiger partial charge in [0.25, 0.3) is 0 Å². The molecule has 4 fully saturated rings. The Morgan fingerprint density at radius 1 is 0.682 bits per heavy atom. The summed E-state index contributed by atoms with van der Waals surface area (Å²) in [4.78, 5) is 0. The fourth-order valence-corrected chi connectivity index (χ4v) is 15.2. The van der Waals surface area contributed by atoms with Gasteiger partial charge in [-0.2, -0.15) is 0 Å². The van der Waals surface area contributed by atoms with Crippen molar-refractivity contribution in [2.24, 2.45) is 46.3 Å². The molecular formula is C36H74O4Si4. The van der Waals surface area contributed by atoms with Gasteiger partial charge in [-0.25, -0.2) is 0 Å². The Labute approximate surface area is 278 Å². The van der Waals surface area contributed by atoms with Gasteiger partial charge in [0, 0.05) is 18.8 Å². The number of rotatable bonds is 12. The summed E-state index contributed by atoms with van der Waals surface area (Å²) in [7, 11) is -6.48. The van der Waals surface area contributed by atoms with Crippen molar-refractivity contribution in [3.63, 3.8) is 0 Å². The minimum absolute atomic E-state index is 0.225. The van der Waals surface area contributed by atoms with Crippen LogP contribution >= 0.6 is 0 Å². The normalized spacial score (nSPS) is 40.7. The van der Waals surface area contributed by atoms with Crippen molar-refractivity contribution >= 4 is 33.3 Å².